The van der Waals surface area contributed by atoms with Crippen molar-refractivity contribution in [1.29, 1.82) is 0 Å². The number of carbonyl (C=O) groups is 3. The summed E-state index contributed by atoms with van der Waals surface area (Å²) in [6, 6.07) is 5.92. The number of Topliss-reactive ketones (excluding diaryl/α,β-unsaturated/α-hetero) is 2. The number of ether oxygens (including phenoxy) is 1. The average Bonchev–Trinajstić information content (AvgIpc) is 2.94. The van der Waals surface area contributed by atoms with Gasteiger partial charge in [-0.2, -0.15) is 0 Å². The summed E-state index contributed by atoms with van der Waals surface area (Å²) in [5.74, 6) is -1.55. The predicted molar refractivity (Wildman–Crippen MR) is 113 cm³/mol. The Kier molecular flexibility index (Phi) is 8.41. The smallest absolute Gasteiger partial charge is 0.221 e. The highest BCUT2D eigenvalue weighted by Crippen LogP contribution is 2.34. The second-order valence-corrected chi connectivity index (χ2v) is 8.62. The molecule has 1 aromatic carbocycles. The number of rotatable bonds is 11. The lowest BCUT2D eigenvalue weighted by atomic mass is 9.84. The number of ketones is 2. The van der Waals surface area contributed by atoms with Crippen LogP contribution < -0.4 is 5.73 Å². The molecule has 1 aliphatic carbocycles. The maximum atomic E-state index is 12.8. The molecule has 0 saturated heterocycles. The van der Waals surface area contributed by atoms with E-state index in [1.165, 1.54) is 12.5 Å². The highest BCUT2D eigenvalue weighted by molar-refractivity contribution is 14.1. The van der Waals surface area contributed by atoms with Crippen molar-refractivity contribution in [2.24, 2.45) is 17.6 Å². The molecule has 1 amide bonds. The zero-order valence-electron chi connectivity index (χ0n) is 16.0. The number of carbonyl (C=O) groups excluding carboxylic acids is 3. The molecule has 1 aromatic rings. The molecule has 3 unspecified atom stereocenters. The molecule has 5 nitrogen and oxygen atoms in total. The normalized spacial score (nSPS) is 18.2. The largest absolute Gasteiger partial charge is 0.369 e. The summed E-state index contributed by atoms with van der Waals surface area (Å²) in [4.78, 5) is 35.9. The van der Waals surface area contributed by atoms with Gasteiger partial charge in [0.1, 0.15) is 9.89 Å². The van der Waals surface area contributed by atoms with Gasteiger partial charge in [0.15, 0.2) is 5.78 Å². The Morgan fingerprint density at radius 2 is 2.07 bits per heavy atom. The fourth-order valence-corrected chi connectivity index (χ4v) is 4.14. The second-order valence-electron chi connectivity index (χ2n) is 7.24. The number of benzene rings is 1. The van der Waals surface area contributed by atoms with Gasteiger partial charge in [0.2, 0.25) is 5.91 Å². The first kappa shape index (κ1) is 22.0. The first-order chi connectivity index (χ1) is 12.8. The topological polar surface area (TPSA) is 86.5 Å². The lowest BCUT2D eigenvalue weighted by Gasteiger charge is -2.18. The molecule has 0 aliphatic heterocycles. The van der Waals surface area contributed by atoms with Crippen molar-refractivity contribution >= 4 is 40.1 Å². The fraction of sp³-hybridized carbons (Fsp3) is 0.571. The van der Waals surface area contributed by atoms with Gasteiger partial charge in [-0.3, -0.25) is 9.59 Å². The second kappa shape index (κ2) is 10.3. The number of hydrogen-bond acceptors (Lipinski definition) is 4. The van der Waals surface area contributed by atoms with E-state index in [1.54, 1.807) is 0 Å². The molecule has 1 aliphatic rings. The molecule has 148 valence electrons. The summed E-state index contributed by atoms with van der Waals surface area (Å²) in [5, 5.41) is 0. The van der Waals surface area contributed by atoms with Crippen LogP contribution in [0.5, 0.6) is 0 Å². The molecule has 0 fully saturated rings. The molecular weight excluding hydrogens is 457 g/mol. The number of halogens is 1. The molecular formula is C21H28INO4. The maximum Gasteiger partial charge on any atom is 0.221 e. The summed E-state index contributed by atoms with van der Waals surface area (Å²) in [6.45, 7) is 4.34. The van der Waals surface area contributed by atoms with Gasteiger partial charge in [0.05, 0.1) is 0 Å². The number of primary amides is 1. The van der Waals surface area contributed by atoms with Gasteiger partial charge < -0.3 is 15.3 Å². The molecule has 3 atom stereocenters. The third kappa shape index (κ3) is 6.10. The van der Waals surface area contributed by atoms with Crippen LogP contribution in [-0.2, 0) is 27.2 Å². The Labute approximate surface area is 174 Å². The van der Waals surface area contributed by atoms with E-state index in [9.17, 15) is 14.4 Å². The number of amides is 1. The van der Waals surface area contributed by atoms with Crippen LogP contribution in [0.4, 0.5) is 0 Å². The number of aryl methyl sites for hydroxylation is 1. The van der Waals surface area contributed by atoms with Crippen LogP contribution in [0.25, 0.3) is 0 Å². The summed E-state index contributed by atoms with van der Waals surface area (Å²) in [7, 11) is 0. The molecule has 0 radical (unpaired) electrons. The predicted octanol–water partition coefficient (Wildman–Crippen LogP) is 3.63. The van der Waals surface area contributed by atoms with Crippen LogP contribution in [-0.4, -0.2) is 28.2 Å². The van der Waals surface area contributed by atoms with Crippen molar-refractivity contribution in [3.05, 3.63) is 34.9 Å². The lowest BCUT2D eigenvalue weighted by molar-refractivity contribution is -0.123. The Hall–Kier alpha value is -1.28. The average molecular weight is 485 g/mol. The number of alkyl halides is 1. The standard InChI is InChI=1S/C21H28INO4/c1-3-10-27-19(22)9-6-14-5-8-16-15(11-14)12-18(20(16)25)17(21(23)26)7-4-13(2)24/h5,8,11,17-19H,3-4,6-7,9-10,12H2,1-2H3,(H2,23,26). The Morgan fingerprint density at radius 3 is 2.70 bits per heavy atom. The molecule has 2 rings (SSSR count). The molecule has 0 aromatic heterocycles. The van der Waals surface area contributed by atoms with Crippen LogP contribution >= 0.6 is 22.6 Å². The maximum absolute atomic E-state index is 12.8. The third-order valence-electron chi connectivity index (χ3n) is 5.03. The summed E-state index contributed by atoms with van der Waals surface area (Å²) in [6.07, 6.45) is 3.94. The molecule has 2 N–H and O–H groups in total. The Bertz CT molecular complexity index is 703. The zero-order valence-corrected chi connectivity index (χ0v) is 18.2. The Morgan fingerprint density at radius 1 is 1.33 bits per heavy atom. The molecule has 0 spiro atoms. The minimum Gasteiger partial charge on any atom is -0.369 e. The van der Waals surface area contributed by atoms with Crippen molar-refractivity contribution in [2.45, 2.75) is 56.5 Å². The highest BCUT2D eigenvalue weighted by Gasteiger charge is 2.38. The van der Waals surface area contributed by atoms with Crippen LogP contribution in [0.15, 0.2) is 18.2 Å². The van der Waals surface area contributed by atoms with Gasteiger partial charge in [-0.1, -0.05) is 47.7 Å². The van der Waals surface area contributed by atoms with Gasteiger partial charge in [-0.15, -0.1) is 0 Å². The van der Waals surface area contributed by atoms with E-state index in [1.807, 2.05) is 12.1 Å². The summed E-state index contributed by atoms with van der Waals surface area (Å²) >= 11 is 2.31. The van der Waals surface area contributed by atoms with Crippen molar-refractivity contribution in [3.63, 3.8) is 0 Å². The van der Waals surface area contributed by atoms with E-state index >= 15 is 0 Å². The zero-order chi connectivity index (χ0) is 20.0. The van der Waals surface area contributed by atoms with Gasteiger partial charge in [0.25, 0.3) is 0 Å². The summed E-state index contributed by atoms with van der Waals surface area (Å²) < 4.78 is 5.87. The molecule has 0 heterocycles. The first-order valence-electron chi connectivity index (χ1n) is 9.53. The minimum absolute atomic E-state index is 0.00476. The summed E-state index contributed by atoms with van der Waals surface area (Å²) in [5.41, 5.74) is 8.37. The first-order valence-corrected chi connectivity index (χ1v) is 10.8. The Balaban J connectivity index is 2.05. The van der Waals surface area contributed by atoms with Gasteiger partial charge >= 0.3 is 0 Å². The number of fused-ring (bicyclic) bond motifs is 1. The number of nitrogens with two attached hydrogens (primary N) is 1. The van der Waals surface area contributed by atoms with Crippen molar-refractivity contribution in [3.8, 4) is 0 Å². The van der Waals surface area contributed by atoms with Crippen LogP contribution in [0.2, 0.25) is 0 Å². The fourth-order valence-electron chi connectivity index (χ4n) is 3.58. The van der Waals surface area contributed by atoms with E-state index in [0.29, 0.717) is 18.4 Å². The van der Waals surface area contributed by atoms with E-state index in [2.05, 4.69) is 35.6 Å². The highest BCUT2D eigenvalue weighted by atomic mass is 127. The van der Waals surface area contributed by atoms with E-state index in [4.69, 9.17) is 10.5 Å². The van der Waals surface area contributed by atoms with Crippen LogP contribution in [0.3, 0.4) is 0 Å². The van der Waals surface area contributed by atoms with E-state index < -0.39 is 17.7 Å². The van der Waals surface area contributed by atoms with Crippen LogP contribution in [0.1, 0.15) is 61.0 Å². The monoisotopic (exact) mass is 485 g/mol. The lowest BCUT2D eigenvalue weighted by Crippen LogP contribution is -2.33. The minimum atomic E-state index is -0.585. The van der Waals surface area contributed by atoms with Gasteiger partial charge in [0, 0.05) is 30.4 Å². The van der Waals surface area contributed by atoms with E-state index in [-0.39, 0.29) is 22.1 Å². The molecule has 0 saturated carbocycles. The molecule has 6 heteroatoms. The van der Waals surface area contributed by atoms with Crippen molar-refractivity contribution in [2.75, 3.05) is 6.61 Å². The SMILES string of the molecule is CCCOC(I)CCc1ccc2c(c1)CC(C(CCC(C)=O)C(N)=O)C2=O. The quantitative estimate of drug-likeness (QED) is 0.383. The third-order valence-corrected chi connectivity index (χ3v) is 6.02. The van der Waals surface area contributed by atoms with Gasteiger partial charge in [-0.05, 0) is 50.2 Å². The van der Waals surface area contributed by atoms with Crippen molar-refractivity contribution in [1.82, 2.24) is 0 Å². The number of hydrogen-bond donors (Lipinski definition) is 1. The van der Waals surface area contributed by atoms with E-state index in [0.717, 1.165) is 31.4 Å². The van der Waals surface area contributed by atoms with Crippen LogP contribution in [0, 0.1) is 11.8 Å². The molecule has 0 bridgehead atoms. The van der Waals surface area contributed by atoms with Gasteiger partial charge in [-0.25, -0.2) is 0 Å². The molecule has 27 heavy (non-hydrogen) atoms. The van der Waals surface area contributed by atoms with Crippen molar-refractivity contribution < 1.29 is 19.1 Å².